The third kappa shape index (κ3) is 6.50. The summed E-state index contributed by atoms with van der Waals surface area (Å²) >= 11 is 0. The molecule has 0 radical (unpaired) electrons. The molecule has 2 aliphatic carbocycles. The van der Waals surface area contributed by atoms with Crippen molar-refractivity contribution in [3.63, 3.8) is 0 Å². The topological polar surface area (TPSA) is 126 Å². The molecule has 10 nitrogen and oxygen atoms in total. The lowest BCUT2D eigenvalue weighted by Gasteiger charge is -2.25. The zero-order chi connectivity index (χ0) is 32.5. The highest BCUT2D eigenvalue weighted by atomic mass is 16.6. The highest BCUT2D eigenvalue weighted by molar-refractivity contribution is 5.94. The van der Waals surface area contributed by atoms with Gasteiger partial charge in [-0.15, -0.1) is 6.58 Å². The van der Waals surface area contributed by atoms with Crippen LogP contribution >= 0.6 is 0 Å². The first-order valence-electron chi connectivity index (χ1n) is 15.3. The van der Waals surface area contributed by atoms with E-state index in [0.717, 1.165) is 11.1 Å². The molecule has 5 rings (SSSR count). The molecule has 2 fully saturated rings. The molecule has 2 aliphatic rings. The first kappa shape index (κ1) is 31.9. The molecule has 0 saturated heterocycles. The summed E-state index contributed by atoms with van der Waals surface area (Å²) in [5.74, 6) is -1.76. The molecule has 2 aromatic carbocycles. The number of amides is 1. The van der Waals surface area contributed by atoms with Crippen LogP contribution in [-0.4, -0.2) is 58.8 Å². The summed E-state index contributed by atoms with van der Waals surface area (Å²) in [6.45, 7) is 13.0. The van der Waals surface area contributed by atoms with Gasteiger partial charge in [-0.25, -0.2) is 9.78 Å². The molecule has 1 aromatic heterocycles. The Morgan fingerprint density at radius 2 is 1.78 bits per heavy atom. The summed E-state index contributed by atoms with van der Waals surface area (Å²) in [4.78, 5) is 49.9. The third-order valence-corrected chi connectivity index (χ3v) is 8.42. The number of rotatable bonds is 10. The number of benzene rings is 2. The summed E-state index contributed by atoms with van der Waals surface area (Å²) in [5, 5.41) is 3.60. The Hall–Kier alpha value is -4.47. The minimum atomic E-state index is -1.18. The van der Waals surface area contributed by atoms with Crippen molar-refractivity contribution in [3.8, 4) is 23.0 Å². The molecule has 5 atom stereocenters. The number of carbonyl (C=O) groups is 3. The van der Waals surface area contributed by atoms with Gasteiger partial charge < -0.3 is 24.3 Å². The zero-order valence-corrected chi connectivity index (χ0v) is 26.7. The second-order valence-electron chi connectivity index (χ2n) is 12.7. The molecular weight excluding hydrogens is 574 g/mol. The van der Waals surface area contributed by atoms with Crippen LogP contribution in [0.4, 0.5) is 0 Å². The number of aromatic nitrogens is 2. The number of aryl methyl sites for hydroxylation is 1. The number of esters is 2. The Labute approximate surface area is 263 Å². The monoisotopic (exact) mass is 615 g/mol. The molecule has 2 saturated carbocycles. The van der Waals surface area contributed by atoms with Gasteiger partial charge in [-0.05, 0) is 66.0 Å². The van der Waals surface area contributed by atoms with Gasteiger partial charge in [0.05, 0.1) is 36.5 Å². The van der Waals surface area contributed by atoms with Gasteiger partial charge in [0.1, 0.15) is 23.0 Å². The quantitative estimate of drug-likeness (QED) is 0.237. The lowest BCUT2D eigenvalue weighted by Crippen LogP contribution is -2.49. The number of nitrogens with zero attached hydrogens (tertiary/aromatic N) is 2. The van der Waals surface area contributed by atoms with Gasteiger partial charge in [0, 0.05) is 17.0 Å². The lowest BCUT2D eigenvalue weighted by molar-refractivity contribution is -0.163. The summed E-state index contributed by atoms with van der Waals surface area (Å²) in [6, 6.07) is 13.3. The van der Waals surface area contributed by atoms with Crippen molar-refractivity contribution in [1.29, 1.82) is 0 Å². The van der Waals surface area contributed by atoms with E-state index in [1.54, 1.807) is 40.9 Å². The largest absolute Gasteiger partial charge is 0.496 e. The van der Waals surface area contributed by atoms with E-state index in [0.29, 0.717) is 34.8 Å². The number of hydrogen-bond acceptors (Lipinski definition) is 9. The predicted molar refractivity (Wildman–Crippen MR) is 169 cm³/mol. The number of carbonyl (C=O) groups excluding carboxylic acids is 3. The van der Waals surface area contributed by atoms with Gasteiger partial charge in [-0.3, -0.25) is 9.59 Å². The van der Waals surface area contributed by atoms with E-state index in [-0.39, 0.29) is 25.4 Å². The van der Waals surface area contributed by atoms with Crippen molar-refractivity contribution < 1.29 is 33.3 Å². The fraction of sp³-hybridized carbons (Fsp3) is 0.457. The minimum Gasteiger partial charge on any atom is -0.496 e. The maximum atomic E-state index is 13.9. The zero-order valence-electron chi connectivity index (χ0n) is 26.7. The molecule has 0 aliphatic heterocycles. The molecule has 1 amide bonds. The molecule has 3 aromatic rings. The lowest BCUT2D eigenvalue weighted by atomic mass is 9.94. The summed E-state index contributed by atoms with van der Waals surface area (Å²) in [5.41, 5.74) is 0.385. The molecule has 1 N–H and O–H groups in total. The molecule has 45 heavy (non-hydrogen) atoms. The van der Waals surface area contributed by atoms with Crippen LogP contribution < -0.4 is 14.8 Å². The van der Waals surface area contributed by atoms with Crippen LogP contribution in [0, 0.1) is 24.7 Å². The van der Waals surface area contributed by atoms with Crippen LogP contribution in [0.25, 0.3) is 22.3 Å². The highest BCUT2D eigenvalue weighted by Crippen LogP contribution is 2.47. The van der Waals surface area contributed by atoms with Crippen LogP contribution in [0.2, 0.25) is 0 Å². The Morgan fingerprint density at radius 3 is 2.40 bits per heavy atom. The molecule has 238 valence electrons. The van der Waals surface area contributed by atoms with Crippen molar-refractivity contribution in [1.82, 2.24) is 15.3 Å². The van der Waals surface area contributed by atoms with E-state index < -0.39 is 46.9 Å². The number of fused-ring (bicyclic) bond motifs is 1. The Kier molecular flexibility index (Phi) is 8.87. The van der Waals surface area contributed by atoms with E-state index in [1.807, 2.05) is 49.4 Å². The van der Waals surface area contributed by atoms with Gasteiger partial charge in [-0.2, -0.15) is 4.98 Å². The number of nitrogens with one attached hydrogen (secondary N) is 1. The third-order valence-electron chi connectivity index (χ3n) is 8.42. The van der Waals surface area contributed by atoms with E-state index in [2.05, 4.69) is 11.9 Å². The second kappa shape index (κ2) is 12.5. The van der Waals surface area contributed by atoms with Crippen molar-refractivity contribution in [2.45, 2.75) is 71.1 Å². The van der Waals surface area contributed by atoms with Crippen molar-refractivity contribution in [3.05, 3.63) is 60.7 Å². The number of methoxy groups -OCH3 is 1. The van der Waals surface area contributed by atoms with Crippen LogP contribution in [0.1, 0.15) is 52.5 Å². The molecule has 10 heteroatoms. The van der Waals surface area contributed by atoms with E-state index in [4.69, 9.17) is 28.9 Å². The summed E-state index contributed by atoms with van der Waals surface area (Å²) in [6.07, 6.45) is 1.93. The van der Waals surface area contributed by atoms with Gasteiger partial charge in [-0.1, -0.05) is 36.4 Å². The van der Waals surface area contributed by atoms with Crippen molar-refractivity contribution >= 4 is 28.7 Å². The van der Waals surface area contributed by atoms with Crippen molar-refractivity contribution in [2.24, 2.45) is 17.8 Å². The van der Waals surface area contributed by atoms with Crippen molar-refractivity contribution in [2.75, 3.05) is 13.7 Å². The van der Waals surface area contributed by atoms with Gasteiger partial charge in [0.15, 0.2) is 5.82 Å². The first-order chi connectivity index (χ1) is 21.4. The van der Waals surface area contributed by atoms with Crippen LogP contribution in [0.3, 0.4) is 0 Å². The molecular formula is C35H41N3O7. The normalized spacial score (nSPS) is 24.0. The maximum Gasteiger partial charge on any atom is 0.332 e. The summed E-state index contributed by atoms with van der Waals surface area (Å²) in [7, 11) is 1.61. The smallest absolute Gasteiger partial charge is 0.332 e. The molecule has 1 heterocycles. The summed E-state index contributed by atoms with van der Waals surface area (Å²) < 4.78 is 23.1. The fourth-order valence-corrected chi connectivity index (χ4v) is 6.06. The van der Waals surface area contributed by atoms with Crippen LogP contribution in [0.15, 0.2) is 55.1 Å². The van der Waals surface area contributed by atoms with Gasteiger partial charge in [0.2, 0.25) is 11.8 Å². The SMILES string of the molecule is C=C[C@@H]1CC1(NC(=O)[C@@H]1C[C@@H](Oc2nc(-c3ccccc3)nc3c(C)c(OC)ccc23)C[C@H]1C(=O)OC(C)(C)C)C(=O)OCC. The second-order valence-corrected chi connectivity index (χ2v) is 12.7. The Balaban J connectivity index is 1.48. The fourth-order valence-electron chi connectivity index (χ4n) is 6.06. The van der Waals surface area contributed by atoms with Gasteiger partial charge in [0.25, 0.3) is 0 Å². The van der Waals surface area contributed by atoms with Gasteiger partial charge >= 0.3 is 11.9 Å². The Morgan fingerprint density at radius 1 is 1.07 bits per heavy atom. The molecule has 0 spiro atoms. The standard InChI is InChI=1S/C35H41N3O7/c1-8-22-19-35(22,33(41)43-9-2)38-30(39)25-17-23(18-26(25)32(40)45-34(4,5)6)44-31-24-15-16-27(42-7)20(3)28(24)36-29(37-31)21-13-11-10-12-14-21/h8,10-16,22-23,25-26H,1,9,17-19H2,2-7H3,(H,38,39)/t22-,23-,25-,26-,35?/m1/s1. The molecule has 1 unspecified atom stereocenters. The van der Waals surface area contributed by atoms with Crippen LogP contribution in [0.5, 0.6) is 11.6 Å². The molecule has 0 bridgehead atoms. The first-order valence-corrected chi connectivity index (χ1v) is 15.3. The van der Waals surface area contributed by atoms with E-state index in [9.17, 15) is 14.4 Å². The maximum absolute atomic E-state index is 13.9. The van der Waals surface area contributed by atoms with E-state index in [1.165, 1.54) is 0 Å². The minimum absolute atomic E-state index is 0.184. The predicted octanol–water partition coefficient (Wildman–Crippen LogP) is 5.35. The van der Waals surface area contributed by atoms with E-state index >= 15 is 0 Å². The number of ether oxygens (including phenoxy) is 4. The average molecular weight is 616 g/mol. The Bertz CT molecular complexity index is 1620. The van der Waals surface area contributed by atoms with Crippen LogP contribution in [-0.2, 0) is 23.9 Å². The highest BCUT2D eigenvalue weighted by Gasteiger charge is 2.62. The number of hydrogen-bond donors (Lipinski definition) is 1. The average Bonchev–Trinajstić information content (AvgIpc) is 3.56.